The number of allylic oxidation sites excluding steroid dienone is 5. The number of hydrogen-bond donors (Lipinski definition) is 0. The summed E-state index contributed by atoms with van der Waals surface area (Å²) in [5, 5.41) is 0. The van der Waals surface area contributed by atoms with Crippen LogP contribution in [0.4, 0.5) is 0 Å². The van der Waals surface area contributed by atoms with Gasteiger partial charge in [-0.25, -0.2) is 0 Å². The monoisotopic (exact) mass is 224 g/mol. The van der Waals surface area contributed by atoms with Gasteiger partial charge in [-0.15, -0.1) is 0 Å². The molecule has 0 spiro atoms. The molecule has 0 aromatic heterocycles. The summed E-state index contributed by atoms with van der Waals surface area (Å²) in [6.07, 6.45) is 8.05. The first-order valence-electron chi connectivity index (χ1n) is 6.39. The predicted molar refractivity (Wildman–Crippen MR) is 76.7 cm³/mol. The Kier molecular flexibility index (Phi) is 3.63. The molecule has 0 heterocycles. The van der Waals surface area contributed by atoms with E-state index < -0.39 is 0 Å². The summed E-state index contributed by atoms with van der Waals surface area (Å²) in [7, 11) is 0. The molecule has 2 rings (SSSR count). The summed E-state index contributed by atoms with van der Waals surface area (Å²) in [4.78, 5) is 0. The van der Waals surface area contributed by atoms with Gasteiger partial charge in [-0.2, -0.15) is 0 Å². The lowest BCUT2D eigenvalue weighted by Gasteiger charge is -2.17. The zero-order valence-electron chi connectivity index (χ0n) is 10.8. The Morgan fingerprint density at radius 1 is 1.12 bits per heavy atom. The minimum absolute atomic E-state index is 1.10. The number of benzene rings is 1. The van der Waals surface area contributed by atoms with Crippen molar-refractivity contribution in [3.63, 3.8) is 0 Å². The van der Waals surface area contributed by atoms with Crippen LogP contribution in [0.15, 0.2) is 48.6 Å². The van der Waals surface area contributed by atoms with E-state index in [2.05, 4.69) is 56.8 Å². The number of hydrogen-bond acceptors (Lipinski definition) is 0. The quantitative estimate of drug-likeness (QED) is 0.645. The molecular weight excluding hydrogens is 204 g/mol. The zero-order valence-corrected chi connectivity index (χ0v) is 10.8. The van der Waals surface area contributed by atoms with Gasteiger partial charge in [0.15, 0.2) is 0 Å². The third-order valence-electron chi connectivity index (χ3n) is 3.31. The van der Waals surface area contributed by atoms with Gasteiger partial charge >= 0.3 is 0 Å². The molecule has 0 nitrogen and oxygen atoms in total. The molecule has 0 heteroatoms. The van der Waals surface area contributed by atoms with Crippen molar-refractivity contribution in [1.82, 2.24) is 0 Å². The second-order valence-corrected chi connectivity index (χ2v) is 4.60. The Bertz CT molecular complexity index is 487. The lowest BCUT2D eigenvalue weighted by atomic mass is 9.87. The maximum absolute atomic E-state index is 4.11. The van der Waals surface area contributed by atoms with Gasteiger partial charge in [0, 0.05) is 0 Å². The third kappa shape index (κ3) is 2.41. The van der Waals surface area contributed by atoms with Gasteiger partial charge < -0.3 is 0 Å². The molecule has 88 valence electrons. The fraction of sp³-hybridized carbons (Fsp3) is 0.294. The van der Waals surface area contributed by atoms with E-state index in [9.17, 15) is 0 Å². The van der Waals surface area contributed by atoms with Crippen LogP contribution in [-0.4, -0.2) is 0 Å². The molecule has 1 aromatic carbocycles. The number of fused-ring (bicyclic) bond motifs is 1. The maximum atomic E-state index is 4.11. The highest BCUT2D eigenvalue weighted by Gasteiger charge is 2.12. The Hall–Kier alpha value is -1.56. The predicted octanol–water partition coefficient (Wildman–Crippen LogP) is 5.23. The zero-order chi connectivity index (χ0) is 12.3. The van der Waals surface area contributed by atoms with E-state index in [1.807, 2.05) is 0 Å². The highest BCUT2D eigenvalue weighted by atomic mass is 14.2. The second kappa shape index (κ2) is 5.18. The van der Waals surface area contributed by atoms with Crippen LogP contribution in [0.1, 0.15) is 44.2 Å². The molecule has 0 saturated heterocycles. The van der Waals surface area contributed by atoms with Crippen LogP contribution in [0.2, 0.25) is 0 Å². The molecule has 1 aliphatic rings. The molecule has 0 amide bonds. The number of rotatable bonds is 2. The maximum Gasteiger partial charge on any atom is -0.0110 e. The molecule has 0 unspecified atom stereocenters. The summed E-state index contributed by atoms with van der Waals surface area (Å²) < 4.78 is 0. The topological polar surface area (TPSA) is 0 Å². The van der Waals surface area contributed by atoms with E-state index in [4.69, 9.17) is 0 Å². The van der Waals surface area contributed by atoms with Gasteiger partial charge in [0.25, 0.3) is 0 Å². The lowest BCUT2D eigenvalue weighted by Crippen LogP contribution is -1.96. The van der Waals surface area contributed by atoms with Crippen molar-refractivity contribution in [2.45, 2.75) is 33.1 Å². The van der Waals surface area contributed by atoms with Gasteiger partial charge in [0.1, 0.15) is 0 Å². The highest BCUT2D eigenvalue weighted by Crippen LogP contribution is 2.33. The minimum Gasteiger partial charge on any atom is -0.0955 e. The molecule has 0 aliphatic heterocycles. The summed E-state index contributed by atoms with van der Waals surface area (Å²) in [6.45, 7) is 8.44. The average molecular weight is 224 g/mol. The van der Waals surface area contributed by atoms with Crippen LogP contribution < -0.4 is 0 Å². The standard InChI is InChI=1S/C17H20/c1-4-14-9-5-6-10-15(13(2)3)17-12-8-7-11-16(14)17/h7-12H,2,4-6H2,1,3H3. The third-order valence-corrected chi connectivity index (χ3v) is 3.31. The van der Waals surface area contributed by atoms with E-state index in [0.717, 1.165) is 24.8 Å². The van der Waals surface area contributed by atoms with E-state index in [1.54, 1.807) is 0 Å². The van der Waals surface area contributed by atoms with Crippen molar-refractivity contribution in [3.05, 3.63) is 59.7 Å². The first kappa shape index (κ1) is 11.9. The van der Waals surface area contributed by atoms with Crippen molar-refractivity contribution >= 4 is 11.1 Å². The van der Waals surface area contributed by atoms with E-state index >= 15 is 0 Å². The Morgan fingerprint density at radius 3 is 2.41 bits per heavy atom. The summed E-state index contributed by atoms with van der Waals surface area (Å²) >= 11 is 0. The highest BCUT2D eigenvalue weighted by molar-refractivity contribution is 5.86. The van der Waals surface area contributed by atoms with Crippen LogP contribution in [0.25, 0.3) is 11.1 Å². The van der Waals surface area contributed by atoms with Crippen LogP contribution in [0.5, 0.6) is 0 Å². The molecule has 1 aromatic rings. The van der Waals surface area contributed by atoms with Crippen molar-refractivity contribution in [1.29, 1.82) is 0 Å². The van der Waals surface area contributed by atoms with E-state index in [0.29, 0.717) is 0 Å². The van der Waals surface area contributed by atoms with Gasteiger partial charge in [0.2, 0.25) is 0 Å². The van der Waals surface area contributed by atoms with Gasteiger partial charge in [0.05, 0.1) is 0 Å². The Labute approximate surface area is 104 Å². The largest absolute Gasteiger partial charge is 0.0955 e. The van der Waals surface area contributed by atoms with Crippen LogP contribution >= 0.6 is 0 Å². The van der Waals surface area contributed by atoms with Crippen molar-refractivity contribution < 1.29 is 0 Å². The fourth-order valence-electron chi connectivity index (χ4n) is 2.44. The van der Waals surface area contributed by atoms with E-state index in [1.165, 1.54) is 22.3 Å². The lowest BCUT2D eigenvalue weighted by molar-refractivity contribution is 1.04. The van der Waals surface area contributed by atoms with Crippen molar-refractivity contribution in [2.24, 2.45) is 0 Å². The van der Waals surface area contributed by atoms with E-state index in [-0.39, 0.29) is 0 Å². The summed E-state index contributed by atoms with van der Waals surface area (Å²) in [6, 6.07) is 8.68. The van der Waals surface area contributed by atoms with Gasteiger partial charge in [-0.1, -0.05) is 55.5 Å². The molecule has 0 radical (unpaired) electrons. The molecule has 17 heavy (non-hydrogen) atoms. The molecule has 0 saturated carbocycles. The van der Waals surface area contributed by atoms with Crippen LogP contribution in [0, 0.1) is 0 Å². The SMILES string of the molecule is C=C(C)C1=CCCC=C(CC)c2ccccc21. The normalized spacial score (nSPS) is 15.2. The smallest absolute Gasteiger partial charge is 0.0110 e. The molecular formula is C17H20. The Balaban J connectivity index is 2.62. The first-order valence-corrected chi connectivity index (χ1v) is 6.39. The van der Waals surface area contributed by atoms with Crippen LogP contribution in [-0.2, 0) is 0 Å². The van der Waals surface area contributed by atoms with Gasteiger partial charge in [-0.05, 0) is 48.5 Å². The van der Waals surface area contributed by atoms with Crippen LogP contribution in [0.3, 0.4) is 0 Å². The first-order chi connectivity index (χ1) is 8.24. The molecule has 1 aliphatic carbocycles. The van der Waals surface area contributed by atoms with Gasteiger partial charge in [-0.3, -0.25) is 0 Å². The average Bonchev–Trinajstić information content (AvgIpc) is 2.30. The van der Waals surface area contributed by atoms with Crippen molar-refractivity contribution in [2.75, 3.05) is 0 Å². The summed E-state index contributed by atoms with van der Waals surface area (Å²) in [5.41, 5.74) is 6.67. The Morgan fingerprint density at radius 2 is 1.76 bits per heavy atom. The molecule has 0 bridgehead atoms. The molecule has 0 atom stereocenters. The summed E-state index contributed by atoms with van der Waals surface area (Å²) in [5.74, 6) is 0. The molecule has 0 N–H and O–H groups in total. The minimum atomic E-state index is 1.10. The fourth-order valence-corrected chi connectivity index (χ4v) is 2.44. The van der Waals surface area contributed by atoms with Crippen molar-refractivity contribution in [3.8, 4) is 0 Å². The molecule has 0 fully saturated rings. The second-order valence-electron chi connectivity index (χ2n) is 4.60.